The number of nitrogens with zero attached hydrogens (tertiary/aromatic N) is 2. The molecule has 1 aliphatic rings. The maximum absolute atomic E-state index is 13.2. The SMILES string of the molecule is COc1ccc(N2C(=O)C(=O)/C(=C(\O)c3cccc(OCC(C)C)c3)C2c2cccnc2)cc1. The lowest BCUT2D eigenvalue weighted by Gasteiger charge is -2.25. The van der Waals surface area contributed by atoms with Crippen LogP contribution >= 0.6 is 0 Å². The van der Waals surface area contributed by atoms with Crippen LogP contribution < -0.4 is 14.4 Å². The van der Waals surface area contributed by atoms with Gasteiger partial charge in [0.05, 0.1) is 25.3 Å². The van der Waals surface area contributed by atoms with E-state index in [-0.39, 0.29) is 11.3 Å². The fourth-order valence-electron chi connectivity index (χ4n) is 3.85. The average molecular weight is 459 g/mol. The number of ether oxygens (including phenoxy) is 2. The summed E-state index contributed by atoms with van der Waals surface area (Å²) in [5, 5.41) is 11.3. The number of rotatable bonds is 7. The van der Waals surface area contributed by atoms with E-state index < -0.39 is 17.7 Å². The first-order chi connectivity index (χ1) is 16.4. The molecule has 1 fully saturated rings. The second-order valence-corrected chi connectivity index (χ2v) is 8.39. The third-order valence-corrected chi connectivity index (χ3v) is 5.49. The number of Topliss-reactive ketones (excluding diaryl/α,β-unsaturated/α-hetero) is 1. The zero-order chi connectivity index (χ0) is 24.2. The third-order valence-electron chi connectivity index (χ3n) is 5.49. The normalized spacial score (nSPS) is 17.3. The summed E-state index contributed by atoms with van der Waals surface area (Å²) in [6, 6.07) is 16.4. The molecule has 0 saturated carbocycles. The Labute approximate surface area is 198 Å². The number of amides is 1. The highest BCUT2D eigenvalue weighted by Gasteiger charge is 2.47. The van der Waals surface area contributed by atoms with Gasteiger partial charge in [-0.15, -0.1) is 0 Å². The maximum atomic E-state index is 13.2. The average Bonchev–Trinajstić information content (AvgIpc) is 3.13. The smallest absolute Gasteiger partial charge is 0.300 e. The molecule has 2 heterocycles. The largest absolute Gasteiger partial charge is 0.507 e. The lowest BCUT2D eigenvalue weighted by molar-refractivity contribution is -0.132. The molecule has 2 aromatic carbocycles. The minimum atomic E-state index is -0.845. The molecular formula is C27H26N2O5. The third kappa shape index (κ3) is 4.50. The number of hydrogen-bond acceptors (Lipinski definition) is 6. The number of ketones is 1. The Morgan fingerprint density at radius 1 is 1.06 bits per heavy atom. The predicted octanol–water partition coefficient (Wildman–Crippen LogP) is 4.75. The summed E-state index contributed by atoms with van der Waals surface area (Å²) in [5.74, 6) is -0.240. The van der Waals surface area contributed by atoms with Crippen LogP contribution in [0, 0.1) is 5.92 Å². The van der Waals surface area contributed by atoms with E-state index in [1.165, 1.54) is 4.90 Å². The Morgan fingerprint density at radius 2 is 1.82 bits per heavy atom. The number of aromatic nitrogens is 1. The molecule has 3 aromatic rings. The van der Waals surface area contributed by atoms with Gasteiger partial charge in [0.2, 0.25) is 0 Å². The number of benzene rings is 2. The van der Waals surface area contributed by atoms with Gasteiger partial charge in [-0.1, -0.05) is 32.0 Å². The second kappa shape index (κ2) is 9.79. The van der Waals surface area contributed by atoms with Crippen molar-refractivity contribution >= 4 is 23.1 Å². The molecule has 1 N–H and O–H groups in total. The Balaban J connectivity index is 1.83. The van der Waals surface area contributed by atoms with Crippen LogP contribution in [0.25, 0.3) is 5.76 Å². The molecule has 0 radical (unpaired) electrons. The van der Waals surface area contributed by atoms with E-state index in [1.54, 1.807) is 80.2 Å². The van der Waals surface area contributed by atoms with E-state index in [2.05, 4.69) is 4.98 Å². The van der Waals surface area contributed by atoms with E-state index in [1.807, 2.05) is 13.8 Å². The van der Waals surface area contributed by atoms with Crippen LogP contribution in [0.5, 0.6) is 11.5 Å². The second-order valence-electron chi connectivity index (χ2n) is 8.39. The van der Waals surface area contributed by atoms with Crippen molar-refractivity contribution in [2.45, 2.75) is 19.9 Å². The molecular weight excluding hydrogens is 432 g/mol. The summed E-state index contributed by atoms with van der Waals surface area (Å²) < 4.78 is 11.0. The fourth-order valence-corrected chi connectivity index (χ4v) is 3.85. The zero-order valence-electron chi connectivity index (χ0n) is 19.3. The first-order valence-electron chi connectivity index (χ1n) is 11.0. The number of carbonyl (C=O) groups excluding carboxylic acids is 2. The Hall–Kier alpha value is -4.13. The van der Waals surface area contributed by atoms with Crippen molar-refractivity contribution in [2.24, 2.45) is 5.92 Å². The lowest BCUT2D eigenvalue weighted by atomic mass is 9.96. The molecule has 1 amide bonds. The quantitative estimate of drug-likeness (QED) is 0.312. The van der Waals surface area contributed by atoms with Crippen molar-refractivity contribution in [1.82, 2.24) is 4.98 Å². The molecule has 1 aliphatic heterocycles. The number of hydrogen-bond donors (Lipinski definition) is 1. The number of carbonyl (C=O) groups is 2. The van der Waals surface area contributed by atoms with Crippen molar-refractivity contribution in [3.8, 4) is 11.5 Å². The molecule has 1 unspecified atom stereocenters. The summed E-state index contributed by atoms with van der Waals surface area (Å²) in [6.45, 7) is 4.60. The number of aliphatic hydroxyl groups is 1. The summed E-state index contributed by atoms with van der Waals surface area (Å²) in [7, 11) is 1.55. The zero-order valence-corrected chi connectivity index (χ0v) is 19.3. The van der Waals surface area contributed by atoms with E-state index in [0.29, 0.717) is 40.8 Å². The highest BCUT2D eigenvalue weighted by atomic mass is 16.5. The van der Waals surface area contributed by atoms with Crippen LogP contribution in [0.1, 0.15) is 31.0 Å². The first-order valence-corrected chi connectivity index (χ1v) is 11.0. The lowest BCUT2D eigenvalue weighted by Crippen LogP contribution is -2.29. The van der Waals surface area contributed by atoms with Crippen LogP contribution in [0.3, 0.4) is 0 Å². The van der Waals surface area contributed by atoms with Gasteiger partial charge in [-0.25, -0.2) is 0 Å². The highest BCUT2D eigenvalue weighted by Crippen LogP contribution is 2.42. The number of pyridine rings is 1. The van der Waals surface area contributed by atoms with Gasteiger partial charge < -0.3 is 14.6 Å². The maximum Gasteiger partial charge on any atom is 0.300 e. The van der Waals surface area contributed by atoms with Gasteiger partial charge >= 0.3 is 0 Å². The van der Waals surface area contributed by atoms with E-state index >= 15 is 0 Å². The summed E-state index contributed by atoms with van der Waals surface area (Å²) in [6.07, 6.45) is 3.20. The van der Waals surface area contributed by atoms with Gasteiger partial charge in [0.1, 0.15) is 17.3 Å². The number of aliphatic hydroxyl groups excluding tert-OH is 1. The van der Waals surface area contributed by atoms with Crippen LogP contribution in [0.4, 0.5) is 5.69 Å². The van der Waals surface area contributed by atoms with Crippen molar-refractivity contribution < 1.29 is 24.2 Å². The van der Waals surface area contributed by atoms with Crippen LogP contribution in [0.15, 0.2) is 78.6 Å². The topological polar surface area (TPSA) is 89.0 Å². The monoisotopic (exact) mass is 458 g/mol. The highest BCUT2D eigenvalue weighted by molar-refractivity contribution is 6.51. The summed E-state index contributed by atoms with van der Waals surface area (Å²) in [5.41, 5.74) is 1.49. The van der Waals surface area contributed by atoms with Crippen molar-refractivity contribution in [3.05, 3.63) is 89.8 Å². The Kier molecular flexibility index (Phi) is 6.63. The molecule has 174 valence electrons. The van der Waals surface area contributed by atoms with Gasteiger partial charge in [0, 0.05) is 23.6 Å². The van der Waals surface area contributed by atoms with Crippen LogP contribution in [0.2, 0.25) is 0 Å². The minimum Gasteiger partial charge on any atom is -0.507 e. The molecule has 7 nitrogen and oxygen atoms in total. The van der Waals surface area contributed by atoms with Crippen molar-refractivity contribution in [1.29, 1.82) is 0 Å². The molecule has 34 heavy (non-hydrogen) atoms. The molecule has 7 heteroatoms. The summed E-state index contributed by atoms with van der Waals surface area (Å²) >= 11 is 0. The number of anilines is 1. The molecule has 1 aromatic heterocycles. The summed E-state index contributed by atoms with van der Waals surface area (Å²) in [4.78, 5) is 32.0. The number of methoxy groups -OCH3 is 1. The standard InChI is InChI=1S/C27H26N2O5/c1-17(2)16-34-22-8-4-6-18(14-22)25(30)23-24(19-7-5-13-28-15-19)29(27(32)26(23)31)20-9-11-21(33-3)12-10-20/h4-15,17,24,30H,16H2,1-3H3/b25-23-. The van der Waals surface area contributed by atoms with E-state index in [0.717, 1.165) is 0 Å². The van der Waals surface area contributed by atoms with E-state index in [9.17, 15) is 14.7 Å². The fraction of sp³-hybridized carbons (Fsp3) is 0.222. The van der Waals surface area contributed by atoms with Gasteiger partial charge in [-0.3, -0.25) is 19.5 Å². The molecule has 0 bridgehead atoms. The van der Waals surface area contributed by atoms with Gasteiger partial charge in [0.25, 0.3) is 11.7 Å². The Bertz CT molecular complexity index is 1220. The van der Waals surface area contributed by atoms with E-state index in [4.69, 9.17) is 9.47 Å². The molecule has 0 spiro atoms. The van der Waals surface area contributed by atoms with Crippen LogP contribution in [-0.4, -0.2) is 35.5 Å². The minimum absolute atomic E-state index is 0.00479. The van der Waals surface area contributed by atoms with Gasteiger partial charge in [-0.2, -0.15) is 0 Å². The van der Waals surface area contributed by atoms with Crippen molar-refractivity contribution in [3.63, 3.8) is 0 Å². The molecule has 1 atom stereocenters. The van der Waals surface area contributed by atoms with Crippen LogP contribution in [-0.2, 0) is 9.59 Å². The predicted molar refractivity (Wildman–Crippen MR) is 129 cm³/mol. The van der Waals surface area contributed by atoms with Gasteiger partial charge in [0.15, 0.2) is 0 Å². The molecule has 0 aliphatic carbocycles. The molecule has 4 rings (SSSR count). The van der Waals surface area contributed by atoms with Gasteiger partial charge in [-0.05, 0) is 53.9 Å². The molecule has 1 saturated heterocycles. The van der Waals surface area contributed by atoms with Crippen molar-refractivity contribution in [2.75, 3.05) is 18.6 Å². The first kappa shape index (κ1) is 23.0. The Morgan fingerprint density at radius 3 is 2.47 bits per heavy atom.